The van der Waals surface area contributed by atoms with Gasteiger partial charge < -0.3 is 16.2 Å². The molecule has 0 saturated heterocycles. The molecule has 7 heteroatoms. The third-order valence-corrected chi connectivity index (χ3v) is 3.68. The highest BCUT2D eigenvalue weighted by Gasteiger charge is 2.10. The van der Waals surface area contributed by atoms with E-state index in [0.717, 1.165) is 16.1 Å². The second kappa shape index (κ2) is 8.74. The van der Waals surface area contributed by atoms with Gasteiger partial charge in [-0.1, -0.05) is 24.3 Å². The minimum absolute atomic E-state index is 0. The van der Waals surface area contributed by atoms with Gasteiger partial charge >= 0.3 is 0 Å². The first kappa shape index (κ1) is 17.6. The van der Waals surface area contributed by atoms with Crippen molar-refractivity contribution in [2.24, 2.45) is 5.73 Å². The molecule has 2 rings (SSSR count). The van der Waals surface area contributed by atoms with Crippen LogP contribution in [0.5, 0.6) is 0 Å². The minimum Gasteiger partial charge on any atom is -0.392 e. The Hall–Kier alpha value is -1.47. The molecule has 0 unspecified atom stereocenters. The van der Waals surface area contributed by atoms with Crippen molar-refractivity contribution in [3.63, 3.8) is 0 Å². The van der Waals surface area contributed by atoms with Crippen molar-refractivity contribution in [3.8, 4) is 0 Å². The predicted molar refractivity (Wildman–Crippen MR) is 85.7 cm³/mol. The van der Waals surface area contributed by atoms with E-state index in [9.17, 15) is 4.79 Å². The van der Waals surface area contributed by atoms with E-state index < -0.39 is 0 Å². The van der Waals surface area contributed by atoms with Gasteiger partial charge in [0, 0.05) is 18.3 Å². The quantitative estimate of drug-likeness (QED) is 0.750. The number of carbonyl (C=O) groups excluding carboxylic acids is 1. The molecule has 114 valence electrons. The lowest BCUT2D eigenvalue weighted by Crippen LogP contribution is -2.23. The molecule has 0 bridgehead atoms. The molecule has 21 heavy (non-hydrogen) atoms. The van der Waals surface area contributed by atoms with Gasteiger partial charge in [0.25, 0.3) is 5.91 Å². The van der Waals surface area contributed by atoms with Crippen LogP contribution in [0.3, 0.4) is 0 Å². The van der Waals surface area contributed by atoms with Gasteiger partial charge in [-0.25, -0.2) is 4.98 Å². The number of rotatable bonds is 6. The lowest BCUT2D eigenvalue weighted by molar-refractivity contribution is 0.0946. The van der Waals surface area contributed by atoms with Gasteiger partial charge in [-0.15, -0.1) is 23.7 Å². The molecule has 0 atom stereocenters. The summed E-state index contributed by atoms with van der Waals surface area (Å²) < 4.78 is 0. The fourth-order valence-electron chi connectivity index (χ4n) is 1.76. The number of thiazole rings is 1. The summed E-state index contributed by atoms with van der Waals surface area (Å²) in [7, 11) is 0. The number of hydrogen-bond donors (Lipinski definition) is 3. The number of benzene rings is 1. The lowest BCUT2D eigenvalue weighted by atomic mass is 10.1. The number of nitrogens with two attached hydrogens (primary N) is 1. The van der Waals surface area contributed by atoms with Crippen molar-refractivity contribution in [1.29, 1.82) is 0 Å². The third-order valence-electron chi connectivity index (χ3n) is 2.77. The van der Waals surface area contributed by atoms with E-state index in [1.807, 2.05) is 24.3 Å². The first-order valence-corrected chi connectivity index (χ1v) is 7.22. The molecule has 0 aliphatic carbocycles. The highest BCUT2D eigenvalue weighted by Crippen LogP contribution is 2.10. The predicted octanol–water partition coefficient (Wildman–Crippen LogP) is 1.49. The number of aliphatic hydroxyl groups is 1. The van der Waals surface area contributed by atoms with E-state index in [-0.39, 0.29) is 24.9 Å². The van der Waals surface area contributed by atoms with E-state index in [4.69, 9.17) is 10.8 Å². The number of carbonyl (C=O) groups is 1. The highest BCUT2D eigenvalue weighted by molar-refractivity contribution is 7.09. The van der Waals surface area contributed by atoms with Crippen molar-refractivity contribution < 1.29 is 9.90 Å². The molecule has 1 heterocycles. The first-order valence-electron chi connectivity index (χ1n) is 6.34. The van der Waals surface area contributed by atoms with Crippen LogP contribution in [0.4, 0.5) is 0 Å². The zero-order chi connectivity index (χ0) is 14.4. The molecule has 1 amide bonds. The molecule has 0 fully saturated rings. The summed E-state index contributed by atoms with van der Waals surface area (Å²) >= 11 is 1.45. The number of halogens is 1. The van der Waals surface area contributed by atoms with Crippen molar-refractivity contribution in [2.75, 3.05) is 6.54 Å². The Bertz CT molecular complexity index is 589. The van der Waals surface area contributed by atoms with E-state index in [0.29, 0.717) is 25.2 Å². The Kier molecular flexibility index (Phi) is 7.31. The molecule has 0 aliphatic heterocycles. The topological polar surface area (TPSA) is 88.2 Å². The zero-order valence-corrected chi connectivity index (χ0v) is 13.0. The minimum atomic E-state index is -0.195. The number of aliphatic hydroxyl groups excluding tert-OH is 1. The van der Waals surface area contributed by atoms with Crippen LogP contribution in [-0.2, 0) is 19.6 Å². The van der Waals surface area contributed by atoms with Crippen LogP contribution in [0.1, 0.15) is 26.6 Å². The normalized spacial score (nSPS) is 10.0. The molecular weight excluding hydrogens is 310 g/mol. The van der Waals surface area contributed by atoms with Crippen molar-refractivity contribution >= 4 is 29.7 Å². The second-order valence-corrected chi connectivity index (χ2v) is 5.27. The fourth-order valence-corrected chi connectivity index (χ4v) is 2.56. The summed E-state index contributed by atoms with van der Waals surface area (Å²) in [6.45, 7) is 0.940. The highest BCUT2D eigenvalue weighted by atomic mass is 35.5. The molecule has 5 nitrogen and oxygen atoms in total. The van der Waals surface area contributed by atoms with E-state index >= 15 is 0 Å². The molecule has 4 N–H and O–H groups in total. The number of nitrogens with one attached hydrogen (secondary N) is 1. The van der Waals surface area contributed by atoms with E-state index in [1.54, 1.807) is 5.38 Å². The van der Waals surface area contributed by atoms with Crippen LogP contribution in [0.2, 0.25) is 0 Å². The fraction of sp³-hybridized carbons (Fsp3) is 0.286. The molecule has 0 saturated carbocycles. The second-order valence-electron chi connectivity index (χ2n) is 4.33. The average Bonchev–Trinajstić information content (AvgIpc) is 2.94. The smallest absolute Gasteiger partial charge is 0.271 e. The number of aromatic nitrogens is 1. The average molecular weight is 328 g/mol. The lowest BCUT2D eigenvalue weighted by Gasteiger charge is -2.05. The summed E-state index contributed by atoms with van der Waals surface area (Å²) in [5.74, 6) is -0.195. The van der Waals surface area contributed by atoms with Gasteiger partial charge in [0.2, 0.25) is 0 Å². The van der Waals surface area contributed by atoms with E-state index in [2.05, 4.69) is 10.3 Å². The maximum absolute atomic E-state index is 11.9. The van der Waals surface area contributed by atoms with Gasteiger partial charge in [0.15, 0.2) is 0 Å². The van der Waals surface area contributed by atoms with Gasteiger partial charge in [0.1, 0.15) is 5.69 Å². The van der Waals surface area contributed by atoms with Crippen LogP contribution in [-0.4, -0.2) is 22.5 Å². The number of nitrogens with zero attached hydrogens (tertiary/aromatic N) is 1. The molecule has 0 spiro atoms. The van der Waals surface area contributed by atoms with Crippen molar-refractivity contribution in [2.45, 2.75) is 19.6 Å². The first-order chi connectivity index (χ1) is 9.72. The molecule has 2 aromatic rings. The largest absolute Gasteiger partial charge is 0.392 e. The standard InChI is InChI=1S/C14H17N3O2S.ClH/c15-5-4-13-17-12(9-20-13)14(19)16-7-10-2-1-3-11(6-10)8-18;/h1-3,6,9,18H,4-5,7-8,15H2,(H,16,19);1H. The van der Waals surface area contributed by atoms with Gasteiger partial charge in [0.05, 0.1) is 11.6 Å². The summed E-state index contributed by atoms with van der Waals surface area (Å²) in [5, 5.41) is 14.5. The Morgan fingerprint density at radius 3 is 2.86 bits per heavy atom. The van der Waals surface area contributed by atoms with Gasteiger partial charge in [-0.05, 0) is 17.7 Å². The summed E-state index contributed by atoms with van der Waals surface area (Å²) in [6.07, 6.45) is 0.691. The maximum Gasteiger partial charge on any atom is 0.271 e. The van der Waals surface area contributed by atoms with Crippen LogP contribution in [0.25, 0.3) is 0 Å². The summed E-state index contributed by atoms with van der Waals surface area (Å²) in [5.41, 5.74) is 7.66. The number of hydrogen-bond acceptors (Lipinski definition) is 5. The summed E-state index contributed by atoms with van der Waals surface area (Å²) in [4.78, 5) is 16.2. The Labute approximate surface area is 133 Å². The van der Waals surface area contributed by atoms with Crippen LogP contribution in [0.15, 0.2) is 29.6 Å². The van der Waals surface area contributed by atoms with Gasteiger partial charge in [-0.2, -0.15) is 0 Å². The molecule has 1 aromatic heterocycles. The molecule has 0 radical (unpaired) electrons. The molecular formula is C14H18ClN3O2S. The molecule has 0 aliphatic rings. The van der Waals surface area contributed by atoms with Crippen molar-refractivity contribution in [1.82, 2.24) is 10.3 Å². The van der Waals surface area contributed by atoms with E-state index in [1.165, 1.54) is 11.3 Å². The van der Waals surface area contributed by atoms with Crippen LogP contribution in [0, 0.1) is 0 Å². The summed E-state index contributed by atoms with van der Waals surface area (Å²) in [6, 6.07) is 7.46. The zero-order valence-electron chi connectivity index (χ0n) is 11.4. The Morgan fingerprint density at radius 1 is 1.38 bits per heavy atom. The van der Waals surface area contributed by atoms with Crippen LogP contribution < -0.4 is 11.1 Å². The SMILES string of the molecule is Cl.NCCc1nc(C(=O)NCc2cccc(CO)c2)cs1. The Balaban J connectivity index is 0.00000220. The van der Waals surface area contributed by atoms with Crippen molar-refractivity contribution in [3.05, 3.63) is 51.5 Å². The van der Waals surface area contributed by atoms with Gasteiger partial charge in [-0.3, -0.25) is 4.79 Å². The maximum atomic E-state index is 11.9. The number of amides is 1. The monoisotopic (exact) mass is 327 g/mol. The molecule has 1 aromatic carbocycles. The third kappa shape index (κ3) is 5.09. The van der Waals surface area contributed by atoms with Crippen LogP contribution >= 0.6 is 23.7 Å². The Morgan fingerprint density at radius 2 is 2.14 bits per heavy atom.